The molecule has 5 N–H and O–H groups in total. The van der Waals surface area contributed by atoms with Gasteiger partial charge in [0.15, 0.2) is 10.3 Å². The molecule has 0 aliphatic rings. The highest BCUT2D eigenvalue weighted by atomic mass is 32.1. The molecule has 26 heavy (non-hydrogen) atoms. The first-order chi connectivity index (χ1) is 12.2. The second kappa shape index (κ2) is 8.92. The van der Waals surface area contributed by atoms with Crippen molar-refractivity contribution in [3.63, 3.8) is 0 Å². The predicted molar refractivity (Wildman–Crippen MR) is 103 cm³/mol. The van der Waals surface area contributed by atoms with E-state index in [0.717, 1.165) is 21.1 Å². The van der Waals surface area contributed by atoms with Crippen LogP contribution >= 0.6 is 22.7 Å². The zero-order valence-corrected chi connectivity index (χ0v) is 16.6. The Morgan fingerprint density at radius 1 is 0.885 bits per heavy atom. The Morgan fingerprint density at radius 3 is 1.58 bits per heavy atom. The molecular formula is C15H22N6O3S2. The van der Waals surface area contributed by atoms with E-state index in [0.29, 0.717) is 10.3 Å². The van der Waals surface area contributed by atoms with Crippen molar-refractivity contribution in [3.05, 3.63) is 21.1 Å². The fourth-order valence-electron chi connectivity index (χ4n) is 1.83. The average molecular weight is 399 g/mol. The monoisotopic (exact) mass is 398 g/mol. The molecule has 2 heterocycles. The molecule has 0 atom stereocenters. The zero-order chi connectivity index (χ0) is 19.3. The summed E-state index contributed by atoms with van der Waals surface area (Å²) >= 11 is 2.76. The van der Waals surface area contributed by atoms with Crippen molar-refractivity contribution in [1.29, 1.82) is 0 Å². The Kier molecular flexibility index (Phi) is 6.89. The van der Waals surface area contributed by atoms with E-state index in [-0.39, 0.29) is 13.1 Å². The number of nitrogens with zero attached hydrogens (tertiary/aromatic N) is 2. The van der Waals surface area contributed by atoms with Crippen LogP contribution < -0.4 is 21.3 Å². The van der Waals surface area contributed by atoms with Gasteiger partial charge >= 0.3 is 12.1 Å². The van der Waals surface area contributed by atoms with Crippen LogP contribution in [0, 0.1) is 27.7 Å². The fraction of sp³-hybridized carbons (Fsp3) is 0.467. The molecule has 0 saturated carbocycles. The minimum absolute atomic E-state index is 0.00901. The smallest absolute Gasteiger partial charge is 0.321 e. The number of aryl methyl sites for hydroxylation is 4. The van der Waals surface area contributed by atoms with E-state index in [9.17, 15) is 14.7 Å². The van der Waals surface area contributed by atoms with Crippen LogP contribution in [0.1, 0.15) is 21.1 Å². The summed E-state index contributed by atoms with van der Waals surface area (Å²) in [5.41, 5.74) is 1.73. The third-order valence-corrected chi connectivity index (χ3v) is 5.47. The molecule has 0 saturated heterocycles. The summed E-state index contributed by atoms with van der Waals surface area (Å²) in [6.45, 7) is 7.55. The number of urea groups is 2. The molecule has 142 valence electrons. The maximum atomic E-state index is 11.8. The second-order valence-corrected chi connectivity index (χ2v) is 8.05. The summed E-state index contributed by atoms with van der Waals surface area (Å²) < 4.78 is 0. The predicted octanol–water partition coefficient (Wildman–Crippen LogP) is 2.14. The summed E-state index contributed by atoms with van der Waals surface area (Å²) in [7, 11) is 0. The van der Waals surface area contributed by atoms with Crippen LogP contribution in [-0.4, -0.2) is 46.3 Å². The minimum Gasteiger partial charge on any atom is -0.389 e. The standard InChI is InChI=1S/C15H22N6O3S2/c1-7-9(3)25-14(18-7)20-12(23)16-5-11(22)6-17-13(24)21-15-19-8(2)10(4)26-15/h11,22H,5-6H2,1-4H3,(H2,16,18,20,23)(H2,17,19,21,24). The normalized spacial score (nSPS) is 10.7. The molecule has 9 nitrogen and oxygen atoms in total. The van der Waals surface area contributed by atoms with Crippen molar-refractivity contribution in [2.75, 3.05) is 23.7 Å². The second-order valence-electron chi connectivity index (χ2n) is 5.65. The molecule has 0 fully saturated rings. The molecule has 2 rings (SSSR count). The van der Waals surface area contributed by atoms with Crippen molar-refractivity contribution in [2.45, 2.75) is 33.8 Å². The SMILES string of the molecule is Cc1nc(NC(=O)NCC(O)CNC(=O)Nc2nc(C)c(C)s2)sc1C. The highest BCUT2D eigenvalue weighted by Gasteiger charge is 2.12. The lowest BCUT2D eigenvalue weighted by atomic mass is 10.3. The molecular weight excluding hydrogens is 376 g/mol. The number of carbonyl (C=O) groups excluding carboxylic acids is 2. The van der Waals surface area contributed by atoms with Crippen LogP contribution in [0.3, 0.4) is 0 Å². The van der Waals surface area contributed by atoms with E-state index in [2.05, 4.69) is 31.2 Å². The van der Waals surface area contributed by atoms with E-state index < -0.39 is 18.2 Å². The third-order valence-electron chi connectivity index (χ3n) is 3.49. The number of aromatic nitrogens is 2. The first-order valence-corrected chi connectivity index (χ1v) is 9.53. The number of carbonyl (C=O) groups is 2. The minimum atomic E-state index is -0.925. The number of hydrogen-bond donors (Lipinski definition) is 5. The van der Waals surface area contributed by atoms with E-state index in [1.165, 1.54) is 22.7 Å². The fourth-order valence-corrected chi connectivity index (χ4v) is 3.45. The van der Waals surface area contributed by atoms with Gasteiger partial charge in [0, 0.05) is 22.8 Å². The highest BCUT2D eigenvalue weighted by molar-refractivity contribution is 7.16. The summed E-state index contributed by atoms with van der Waals surface area (Å²) in [4.78, 5) is 34.0. The number of amides is 4. The number of hydrogen-bond acceptors (Lipinski definition) is 7. The molecule has 0 unspecified atom stereocenters. The van der Waals surface area contributed by atoms with Gasteiger partial charge in [-0.2, -0.15) is 0 Å². The quantitative estimate of drug-likeness (QED) is 0.509. The van der Waals surface area contributed by atoms with Crippen LogP contribution in [0.15, 0.2) is 0 Å². The molecule has 0 aliphatic heterocycles. The lowest BCUT2D eigenvalue weighted by Crippen LogP contribution is -2.42. The lowest BCUT2D eigenvalue weighted by molar-refractivity contribution is 0.170. The van der Waals surface area contributed by atoms with Gasteiger partial charge < -0.3 is 15.7 Å². The Bertz CT molecular complexity index is 685. The van der Waals surface area contributed by atoms with E-state index >= 15 is 0 Å². The van der Waals surface area contributed by atoms with Gasteiger partial charge in [-0.15, -0.1) is 22.7 Å². The maximum absolute atomic E-state index is 11.8. The topological polar surface area (TPSA) is 128 Å². The van der Waals surface area contributed by atoms with Crippen LogP contribution in [0.2, 0.25) is 0 Å². The van der Waals surface area contributed by atoms with Gasteiger partial charge in [-0.1, -0.05) is 0 Å². The summed E-state index contributed by atoms with van der Waals surface area (Å²) in [6, 6.07) is -0.924. The lowest BCUT2D eigenvalue weighted by Gasteiger charge is -2.13. The van der Waals surface area contributed by atoms with E-state index in [1.54, 1.807) is 0 Å². The van der Waals surface area contributed by atoms with Gasteiger partial charge in [0.1, 0.15) is 0 Å². The van der Waals surface area contributed by atoms with Crippen molar-refractivity contribution < 1.29 is 14.7 Å². The molecule has 2 aromatic heterocycles. The van der Waals surface area contributed by atoms with Crippen molar-refractivity contribution in [3.8, 4) is 0 Å². The maximum Gasteiger partial charge on any atom is 0.321 e. The van der Waals surface area contributed by atoms with Gasteiger partial charge in [-0.05, 0) is 27.7 Å². The first kappa shape index (κ1) is 20.1. The van der Waals surface area contributed by atoms with Crippen molar-refractivity contribution >= 4 is 45.0 Å². The van der Waals surface area contributed by atoms with Crippen molar-refractivity contribution in [2.24, 2.45) is 0 Å². The number of aliphatic hydroxyl groups excluding tert-OH is 1. The Labute approximate surface area is 159 Å². The summed E-state index contributed by atoms with van der Waals surface area (Å²) in [6.07, 6.45) is -0.925. The number of anilines is 2. The first-order valence-electron chi connectivity index (χ1n) is 7.90. The highest BCUT2D eigenvalue weighted by Crippen LogP contribution is 2.21. The number of nitrogens with one attached hydrogen (secondary N) is 4. The summed E-state index contributed by atoms with van der Waals surface area (Å²) in [5.74, 6) is 0. The Hall–Kier alpha value is -2.24. The van der Waals surface area contributed by atoms with Crippen LogP contribution in [0.4, 0.5) is 19.9 Å². The molecule has 4 amide bonds. The van der Waals surface area contributed by atoms with Gasteiger partial charge in [-0.3, -0.25) is 10.6 Å². The third kappa shape index (κ3) is 5.93. The van der Waals surface area contributed by atoms with Crippen LogP contribution in [0.5, 0.6) is 0 Å². The molecule has 0 radical (unpaired) electrons. The number of aliphatic hydroxyl groups is 1. The largest absolute Gasteiger partial charge is 0.389 e. The van der Waals surface area contributed by atoms with Gasteiger partial charge in [0.25, 0.3) is 0 Å². The molecule has 0 aromatic carbocycles. The summed E-state index contributed by atoms with van der Waals surface area (Å²) in [5, 5.41) is 21.1. The number of thiazole rings is 2. The Balaban J connectivity index is 1.67. The van der Waals surface area contributed by atoms with Gasteiger partial charge in [-0.25, -0.2) is 19.6 Å². The number of rotatable bonds is 6. The molecule has 0 aliphatic carbocycles. The van der Waals surface area contributed by atoms with E-state index in [4.69, 9.17) is 0 Å². The Morgan fingerprint density at radius 2 is 1.27 bits per heavy atom. The zero-order valence-electron chi connectivity index (χ0n) is 15.0. The van der Waals surface area contributed by atoms with Crippen molar-refractivity contribution in [1.82, 2.24) is 20.6 Å². The van der Waals surface area contributed by atoms with Crippen LogP contribution in [-0.2, 0) is 0 Å². The average Bonchev–Trinajstić information content (AvgIpc) is 3.04. The van der Waals surface area contributed by atoms with Gasteiger partial charge in [0.05, 0.1) is 17.5 Å². The van der Waals surface area contributed by atoms with Crippen LogP contribution in [0.25, 0.3) is 0 Å². The van der Waals surface area contributed by atoms with Gasteiger partial charge in [0.2, 0.25) is 0 Å². The van der Waals surface area contributed by atoms with E-state index in [1.807, 2.05) is 27.7 Å². The molecule has 11 heteroatoms. The molecule has 0 spiro atoms. The molecule has 0 bridgehead atoms. The molecule has 2 aromatic rings.